The lowest BCUT2D eigenvalue weighted by molar-refractivity contribution is -0.145. The van der Waals surface area contributed by atoms with Gasteiger partial charge in [0.15, 0.2) is 18.0 Å². The number of aliphatic hydroxyl groups is 1. The number of hydrogen-bond acceptors (Lipinski definition) is 8. The molecule has 0 radical (unpaired) electrons. The van der Waals surface area contributed by atoms with Gasteiger partial charge in [-0.2, -0.15) is 0 Å². The van der Waals surface area contributed by atoms with E-state index in [0.29, 0.717) is 6.42 Å². The molecule has 0 aromatic carbocycles. The van der Waals surface area contributed by atoms with Crippen molar-refractivity contribution in [3.05, 3.63) is 0 Å². The fourth-order valence-corrected chi connectivity index (χ4v) is 2.76. The molecule has 0 aliphatic rings. The molecule has 16 heteroatoms. The number of nitrogens with zero attached hydrogens (tertiary/aromatic N) is 2. The number of carboxylic acids is 1. The number of carboxylic acid groups (broad SMARTS) is 1. The van der Waals surface area contributed by atoms with Crippen LogP contribution in [-0.4, -0.2) is 89.2 Å². The molecule has 35 heavy (non-hydrogen) atoms. The second kappa shape index (κ2) is 16.0. The van der Waals surface area contributed by atoms with Gasteiger partial charge in [0.05, 0.1) is 12.1 Å². The van der Waals surface area contributed by atoms with Crippen molar-refractivity contribution in [2.45, 2.75) is 69.8 Å². The highest BCUT2D eigenvalue weighted by molar-refractivity contribution is 5.94. The first kappa shape index (κ1) is 31.3. The summed E-state index contributed by atoms with van der Waals surface area (Å²) >= 11 is 0. The highest BCUT2D eigenvalue weighted by Gasteiger charge is 2.31. The molecular weight excluding hydrogens is 464 g/mol. The molecule has 0 aliphatic heterocycles. The van der Waals surface area contributed by atoms with Crippen molar-refractivity contribution >= 4 is 35.6 Å². The van der Waals surface area contributed by atoms with E-state index >= 15 is 0 Å². The minimum Gasteiger partial charge on any atom is -0.480 e. The maximum Gasteiger partial charge on any atom is 0.328 e. The number of guanidine groups is 2. The minimum absolute atomic E-state index is 0.0302. The molecule has 0 saturated heterocycles. The summed E-state index contributed by atoms with van der Waals surface area (Å²) in [6.07, 6.45) is -0.677. The SMILES string of the molecule is CC(N)C(=O)NC(CCCN=C(N)N)C(=O)NC(CCCN=C(N)N)C(=O)NC(C(=O)O)C(C)O. The van der Waals surface area contributed by atoms with Crippen molar-refractivity contribution in [2.75, 3.05) is 13.1 Å². The van der Waals surface area contributed by atoms with Gasteiger partial charge in [-0.05, 0) is 39.5 Å². The zero-order valence-corrected chi connectivity index (χ0v) is 19.9. The van der Waals surface area contributed by atoms with Crippen molar-refractivity contribution in [1.29, 1.82) is 0 Å². The molecule has 3 amide bonds. The predicted octanol–water partition coefficient (Wildman–Crippen LogP) is -4.64. The van der Waals surface area contributed by atoms with Crippen molar-refractivity contribution in [2.24, 2.45) is 38.7 Å². The number of hydrogen-bond donors (Lipinski definition) is 10. The van der Waals surface area contributed by atoms with Crippen LogP contribution in [0.15, 0.2) is 9.98 Å². The summed E-state index contributed by atoms with van der Waals surface area (Å²) in [5, 5.41) is 26.1. The van der Waals surface area contributed by atoms with Gasteiger partial charge in [-0.3, -0.25) is 24.4 Å². The van der Waals surface area contributed by atoms with Gasteiger partial charge in [-0.15, -0.1) is 0 Å². The van der Waals surface area contributed by atoms with Gasteiger partial charge in [0.25, 0.3) is 0 Å². The molecule has 0 bridgehead atoms. The van der Waals surface area contributed by atoms with E-state index in [1.165, 1.54) is 13.8 Å². The van der Waals surface area contributed by atoms with Crippen LogP contribution in [0, 0.1) is 0 Å². The lowest BCUT2D eigenvalue weighted by Gasteiger charge is -2.25. The zero-order valence-electron chi connectivity index (χ0n) is 19.9. The molecule has 0 spiro atoms. The van der Waals surface area contributed by atoms with Crippen molar-refractivity contribution in [3.8, 4) is 0 Å². The minimum atomic E-state index is -1.60. The summed E-state index contributed by atoms with van der Waals surface area (Å²) in [4.78, 5) is 56.8. The van der Waals surface area contributed by atoms with Crippen LogP contribution >= 0.6 is 0 Å². The predicted molar refractivity (Wildman–Crippen MR) is 129 cm³/mol. The lowest BCUT2D eigenvalue weighted by atomic mass is 10.1. The summed E-state index contributed by atoms with van der Waals surface area (Å²) < 4.78 is 0. The molecule has 0 aromatic heterocycles. The summed E-state index contributed by atoms with van der Waals surface area (Å²) in [6.45, 7) is 2.97. The average molecular weight is 503 g/mol. The third-order valence-corrected chi connectivity index (χ3v) is 4.62. The number of amides is 3. The largest absolute Gasteiger partial charge is 0.480 e. The van der Waals surface area contributed by atoms with E-state index in [2.05, 4.69) is 25.9 Å². The Morgan fingerprint density at radius 2 is 1.17 bits per heavy atom. The molecule has 5 atom stereocenters. The van der Waals surface area contributed by atoms with Crippen molar-refractivity contribution < 1.29 is 29.4 Å². The Hall–Kier alpha value is -3.66. The molecular formula is C19H38N10O6. The van der Waals surface area contributed by atoms with Crippen LogP contribution in [0.3, 0.4) is 0 Å². The average Bonchev–Trinajstić information content (AvgIpc) is 2.74. The summed E-state index contributed by atoms with van der Waals surface area (Å²) in [6, 6.07) is -4.80. The van der Waals surface area contributed by atoms with E-state index in [-0.39, 0.29) is 44.3 Å². The third-order valence-electron chi connectivity index (χ3n) is 4.62. The number of carbonyl (C=O) groups excluding carboxylic acids is 3. The number of nitrogens with one attached hydrogen (secondary N) is 3. The molecule has 16 nitrogen and oxygen atoms in total. The second-order valence-corrected chi connectivity index (χ2v) is 7.87. The van der Waals surface area contributed by atoms with Crippen LogP contribution in [-0.2, 0) is 19.2 Å². The normalized spacial score (nSPS) is 14.9. The van der Waals surface area contributed by atoms with E-state index in [9.17, 15) is 29.4 Å². The number of aliphatic imine (C=N–C) groups is 2. The molecule has 200 valence electrons. The van der Waals surface area contributed by atoms with Crippen molar-refractivity contribution in [1.82, 2.24) is 16.0 Å². The summed E-state index contributed by atoms with van der Waals surface area (Å²) in [5.41, 5.74) is 26.7. The number of aliphatic carboxylic acids is 1. The Morgan fingerprint density at radius 1 is 0.771 bits per heavy atom. The van der Waals surface area contributed by atoms with Gasteiger partial charge in [-0.25, -0.2) is 4.79 Å². The maximum atomic E-state index is 13.0. The van der Waals surface area contributed by atoms with E-state index < -0.39 is 54.0 Å². The van der Waals surface area contributed by atoms with Gasteiger partial charge >= 0.3 is 5.97 Å². The van der Waals surface area contributed by atoms with Crippen molar-refractivity contribution in [3.63, 3.8) is 0 Å². The quantitative estimate of drug-likeness (QED) is 0.0543. The van der Waals surface area contributed by atoms with Crippen LogP contribution in [0.1, 0.15) is 39.5 Å². The molecule has 0 aliphatic carbocycles. The second-order valence-electron chi connectivity index (χ2n) is 7.87. The highest BCUT2D eigenvalue weighted by Crippen LogP contribution is 2.05. The Balaban J connectivity index is 5.59. The molecule has 0 saturated carbocycles. The molecule has 0 aromatic rings. The number of aliphatic hydroxyl groups excluding tert-OH is 1. The van der Waals surface area contributed by atoms with Crippen LogP contribution in [0.5, 0.6) is 0 Å². The van der Waals surface area contributed by atoms with Crippen LogP contribution < -0.4 is 44.6 Å². The first-order chi connectivity index (χ1) is 16.3. The number of rotatable bonds is 16. The molecule has 0 heterocycles. The summed E-state index contributed by atoms with van der Waals surface area (Å²) in [7, 11) is 0. The number of carbonyl (C=O) groups is 4. The van der Waals surface area contributed by atoms with E-state index in [4.69, 9.17) is 28.7 Å². The Bertz CT molecular complexity index is 778. The maximum absolute atomic E-state index is 13.0. The van der Waals surface area contributed by atoms with Gasteiger partial charge in [0, 0.05) is 13.1 Å². The molecule has 5 unspecified atom stereocenters. The van der Waals surface area contributed by atoms with Crippen LogP contribution in [0.25, 0.3) is 0 Å². The standard InChI is InChI=1S/C19H38N10O6/c1-9(20)14(31)27-11(5-3-7-25-18(21)22)15(32)28-12(6-4-8-26-19(23)24)16(33)29-13(10(2)30)17(34)35/h9-13,30H,3-8,20H2,1-2H3,(H,27,31)(H,28,32)(H,29,33)(H,34,35)(H4,21,22,25)(H4,23,24,26). The van der Waals surface area contributed by atoms with Gasteiger partial charge in [0.1, 0.15) is 12.1 Å². The first-order valence-corrected chi connectivity index (χ1v) is 10.9. The molecule has 0 rings (SSSR count). The number of nitrogens with two attached hydrogens (primary N) is 5. The van der Waals surface area contributed by atoms with Gasteiger partial charge in [-0.1, -0.05) is 0 Å². The van der Waals surface area contributed by atoms with Gasteiger partial charge < -0.3 is 54.8 Å². The Morgan fingerprint density at radius 3 is 1.51 bits per heavy atom. The lowest BCUT2D eigenvalue weighted by Crippen LogP contribution is -2.58. The van der Waals surface area contributed by atoms with E-state index in [0.717, 1.165) is 0 Å². The Labute approximate surface area is 203 Å². The first-order valence-electron chi connectivity index (χ1n) is 10.9. The van der Waals surface area contributed by atoms with Crippen LogP contribution in [0.2, 0.25) is 0 Å². The third kappa shape index (κ3) is 13.6. The molecule has 0 fully saturated rings. The summed E-state index contributed by atoms with van der Waals surface area (Å²) in [5.74, 6) is -3.91. The highest BCUT2D eigenvalue weighted by atomic mass is 16.4. The topological polar surface area (TPSA) is 300 Å². The van der Waals surface area contributed by atoms with E-state index in [1.807, 2.05) is 0 Å². The fraction of sp³-hybridized carbons (Fsp3) is 0.684. The van der Waals surface area contributed by atoms with E-state index in [1.54, 1.807) is 0 Å². The zero-order chi connectivity index (χ0) is 27.1. The van der Waals surface area contributed by atoms with Crippen LogP contribution in [0.4, 0.5) is 0 Å². The monoisotopic (exact) mass is 502 g/mol. The Kier molecular flexibility index (Phi) is 14.4. The fourth-order valence-electron chi connectivity index (χ4n) is 2.76. The smallest absolute Gasteiger partial charge is 0.328 e. The molecule has 15 N–H and O–H groups in total. The van der Waals surface area contributed by atoms with Gasteiger partial charge in [0.2, 0.25) is 17.7 Å².